The van der Waals surface area contributed by atoms with Crippen LogP contribution in [0.5, 0.6) is 0 Å². The molecule has 3 heterocycles. The third kappa shape index (κ3) is 3.82. The number of hydrogen-bond acceptors (Lipinski definition) is 5. The van der Waals surface area contributed by atoms with Crippen molar-refractivity contribution in [2.24, 2.45) is 0 Å². The second-order valence-electron chi connectivity index (χ2n) is 7.34. The van der Waals surface area contributed by atoms with E-state index in [1.54, 1.807) is 11.3 Å². The van der Waals surface area contributed by atoms with Gasteiger partial charge in [-0.1, -0.05) is 41.1 Å². The van der Waals surface area contributed by atoms with Crippen molar-refractivity contribution in [3.05, 3.63) is 78.7 Å². The molecule has 0 spiro atoms. The van der Waals surface area contributed by atoms with E-state index in [4.69, 9.17) is 14.5 Å². The smallest absolute Gasteiger partial charge is 0.155 e. The molecule has 0 aliphatic heterocycles. The standard InChI is InChI=1S/C21H10NOS.C5H8O2.Ir/c1-2-5-13-12(4-1)8-9-14-20-19-16(10-11-22-20)23-15-6-3-7-17(18(15)19)24-21(13)14;1-4(6)3-5(2)7;/h1-8,10-11H;3,6H,1-2H3;/q-1;;/b;4-3-;. The zero-order valence-corrected chi connectivity index (χ0v) is 20.5. The Hall–Kier alpha value is -3.05. The van der Waals surface area contributed by atoms with Gasteiger partial charge in [0, 0.05) is 53.4 Å². The molecule has 161 valence electrons. The molecule has 3 aromatic carbocycles. The van der Waals surface area contributed by atoms with Crippen LogP contribution >= 0.6 is 11.3 Å². The fourth-order valence-electron chi connectivity index (χ4n) is 3.87. The van der Waals surface area contributed by atoms with Gasteiger partial charge >= 0.3 is 0 Å². The van der Waals surface area contributed by atoms with Crippen LogP contribution in [0.1, 0.15) is 13.8 Å². The number of nitrogens with zero attached hydrogens (tertiary/aromatic N) is 1. The number of ketones is 1. The number of fused-ring (bicyclic) bond motifs is 4. The average Bonchev–Trinajstić information content (AvgIpc) is 3.05. The van der Waals surface area contributed by atoms with Crippen LogP contribution in [-0.2, 0) is 24.9 Å². The molecular formula is C26H18IrNO3S-. The van der Waals surface area contributed by atoms with E-state index in [1.165, 1.54) is 40.1 Å². The van der Waals surface area contributed by atoms with E-state index in [-0.39, 0.29) is 31.6 Å². The summed E-state index contributed by atoms with van der Waals surface area (Å²) in [5.41, 5.74) is 2.77. The minimum atomic E-state index is -0.125. The number of rotatable bonds is 1. The van der Waals surface area contributed by atoms with Gasteiger partial charge in [-0.2, -0.15) is 11.3 Å². The first-order valence-corrected chi connectivity index (χ1v) is 10.6. The maximum Gasteiger partial charge on any atom is 0.155 e. The molecule has 3 aromatic heterocycles. The molecule has 6 rings (SSSR count). The van der Waals surface area contributed by atoms with Crippen LogP contribution in [0.4, 0.5) is 0 Å². The molecule has 1 radical (unpaired) electrons. The van der Waals surface area contributed by atoms with Crippen LogP contribution in [0.3, 0.4) is 0 Å². The van der Waals surface area contributed by atoms with Gasteiger partial charge in [-0.05, 0) is 36.7 Å². The SMILES string of the molecule is CC(=O)/C=C(/C)O.[Ir].[c-]1cc2ccccc2c2sc3cccc4oc5ccnc(c12)c5c43. The van der Waals surface area contributed by atoms with Crippen molar-refractivity contribution >= 4 is 70.1 Å². The number of carbonyl (C=O) groups is 1. The molecule has 0 atom stereocenters. The first kappa shape index (κ1) is 22.2. The number of carbonyl (C=O) groups excluding carboxylic acids is 1. The van der Waals surface area contributed by atoms with Gasteiger partial charge in [0.05, 0.1) is 5.76 Å². The summed E-state index contributed by atoms with van der Waals surface area (Å²) in [5.74, 6) is -0.0625. The van der Waals surface area contributed by atoms with Crippen molar-refractivity contribution in [3.63, 3.8) is 0 Å². The van der Waals surface area contributed by atoms with E-state index in [0.717, 1.165) is 32.8 Å². The van der Waals surface area contributed by atoms with Gasteiger partial charge in [-0.15, -0.1) is 17.5 Å². The van der Waals surface area contributed by atoms with E-state index in [1.807, 2.05) is 18.3 Å². The first-order valence-electron chi connectivity index (χ1n) is 9.82. The van der Waals surface area contributed by atoms with Crippen molar-refractivity contribution in [3.8, 4) is 0 Å². The number of hydrogen-bond donors (Lipinski definition) is 1. The number of aromatic nitrogens is 1. The number of benzene rings is 3. The van der Waals surface area contributed by atoms with Crippen molar-refractivity contribution in [1.82, 2.24) is 4.98 Å². The van der Waals surface area contributed by atoms with Crippen LogP contribution in [0, 0.1) is 6.07 Å². The van der Waals surface area contributed by atoms with Gasteiger partial charge in [-0.3, -0.25) is 4.79 Å². The third-order valence-electron chi connectivity index (χ3n) is 5.04. The summed E-state index contributed by atoms with van der Waals surface area (Å²) in [6.45, 7) is 2.85. The molecule has 0 aliphatic rings. The molecule has 1 N–H and O–H groups in total. The van der Waals surface area contributed by atoms with E-state index in [2.05, 4.69) is 48.5 Å². The fourth-order valence-corrected chi connectivity index (χ4v) is 5.10. The normalized spacial score (nSPS) is 11.6. The van der Waals surface area contributed by atoms with Crippen LogP contribution in [0.15, 0.2) is 77.0 Å². The first-order chi connectivity index (χ1) is 15.0. The second kappa shape index (κ2) is 8.83. The maximum atomic E-state index is 10.0. The fraction of sp³-hybridized carbons (Fsp3) is 0.0769. The molecule has 0 aliphatic carbocycles. The van der Waals surface area contributed by atoms with Crippen LogP contribution in [-0.4, -0.2) is 15.9 Å². The average molecular weight is 617 g/mol. The topological polar surface area (TPSA) is 63.3 Å². The number of aliphatic hydroxyl groups is 1. The number of pyridine rings is 1. The molecule has 32 heavy (non-hydrogen) atoms. The van der Waals surface area contributed by atoms with E-state index in [9.17, 15) is 4.79 Å². The van der Waals surface area contributed by atoms with Crippen LogP contribution in [0.25, 0.3) is 53.0 Å². The van der Waals surface area contributed by atoms with Crippen LogP contribution in [0.2, 0.25) is 0 Å². The quantitative estimate of drug-likeness (QED) is 0.119. The van der Waals surface area contributed by atoms with E-state index >= 15 is 0 Å². The summed E-state index contributed by atoms with van der Waals surface area (Å²) in [7, 11) is 0. The Morgan fingerprint density at radius 3 is 2.59 bits per heavy atom. The Balaban J connectivity index is 0.000000271. The van der Waals surface area contributed by atoms with Crippen molar-refractivity contribution in [2.45, 2.75) is 13.8 Å². The number of furan rings is 1. The van der Waals surface area contributed by atoms with Gasteiger partial charge < -0.3 is 14.5 Å². The zero-order chi connectivity index (χ0) is 21.5. The van der Waals surface area contributed by atoms with Gasteiger partial charge in [0.25, 0.3) is 0 Å². The molecule has 6 aromatic rings. The molecule has 0 unspecified atom stereocenters. The largest absolute Gasteiger partial charge is 0.512 e. The maximum absolute atomic E-state index is 10.0. The predicted octanol–water partition coefficient (Wildman–Crippen LogP) is 7.34. The molecule has 0 bridgehead atoms. The molecular weight excluding hydrogens is 599 g/mol. The van der Waals surface area contributed by atoms with Gasteiger partial charge in [0.1, 0.15) is 11.2 Å². The Kier molecular flexibility index (Phi) is 6.11. The van der Waals surface area contributed by atoms with Crippen molar-refractivity contribution in [1.29, 1.82) is 0 Å². The van der Waals surface area contributed by atoms with Crippen molar-refractivity contribution < 1.29 is 34.4 Å². The predicted molar refractivity (Wildman–Crippen MR) is 128 cm³/mol. The summed E-state index contributed by atoms with van der Waals surface area (Å²) >= 11 is 1.79. The Bertz CT molecular complexity index is 1640. The summed E-state index contributed by atoms with van der Waals surface area (Å²) in [6, 6.07) is 22.2. The van der Waals surface area contributed by atoms with E-state index < -0.39 is 0 Å². The number of aliphatic hydroxyl groups excluding tert-OH is 1. The Morgan fingerprint density at radius 2 is 1.84 bits per heavy atom. The van der Waals surface area contributed by atoms with E-state index in [0.29, 0.717) is 0 Å². The molecule has 0 saturated heterocycles. The number of allylic oxidation sites excluding steroid dienone is 2. The molecule has 0 saturated carbocycles. The Labute approximate surface area is 201 Å². The molecule has 0 amide bonds. The van der Waals surface area contributed by atoms with Gasteiger partial charge in [0.2, 0.25) is 0 Å². The van der Waals surface area contributed by atoms with Crippen LogP contribution < -0.4 is 0 Å². The third-order valence-corrected chi connectivity index (χ3v) is 6.22. The molecule has 6 heteroatoms. The zero-order valence-electron chi connectivity index (χ0n) is 17.3. The van der Waals surface area contributed by atoms with Gasteiger partial charge in [-0.25, -0.2) is 0 Å². The van der Waals surface area contributed by atoms with Gasteiger partial charge in [0.15, 0.2) is 5.78 Å². The molecule has 0 fully saturated rings. The summed E-state index contributed by atoms with van der Waals surface area (Å²) in [4.78, 5) is 14.7. The monoisotopic (exact) mass is 617 g/mol. The summed E-state index contributed by atoms with van der Waals surface area (Å²) < 4.78 is 8.48. The second-order valence-corrected chi connectivity index (χ2v) is 8.39. The minimum Gasteiger partial charge on any atom is -0.512 e. The van der Waals surface area contributed by atoms with Crippen molar-refractivity contribution in [2.75, 3.05) is 0 Å². The summed E-state index contributed by atoms with van der Waals surface area (Å²) in [5, 5.41) is 14.1. The summed E-state index contributed by atoms with van der Waals surface area (Å²) in [6.07, 6.45) is 2.99. The Morgan fingerprint density at radius 1 is 1.06 bits per heavy atom. The molecule has 4 nitrogen and oxygen atoms in total. The minimum absolute atomic E-state index is 0.